The van der Waals surface area contributed by atoms with Gasteiger partial charge in [0.2, 0.25) is 5.91 Å². The first-order valence-electron chi connectivity index (χ1n) is 8.09. The monoisotopic (exact) mass is 357 g/mol. The van der Waals surface area contributed by atoms with Gasteiger partial charge < -0.3 is 5.32 Å². The number of imidazole rings is 1. The Labute approximate surface area is 150 Å². The number of hydrogen-bond acceptors (Lipinski definition) is 2. The summed E-state index contributed by atoms with van der Waals surface area (Å²) in [5.74, 6) is -0.173. The van der Waals surface area contributed by atoms with Crippen molar-refractivity contribution in [2.45, 2.75) is 26.8 Å². The zero-order valence-corrected chi connectivity index (χ0v) is 15.2. The van der Waals surface area contributed by atoms with Crippen molar-refractivity contribution in [1.29, 1.82) is 0 Å². The molecule has 3 rings (SSSR count). The van der Waals surface area contributed by atoms with Gasteiger partial charge in [-0.05, 0) is 43.2 Å². The maximum atomic E-state index is 12.4. The van der Waals surface area contributed by atoms with Crippen LogP contribution in [0.15, 0.2) is 41.2 Å². The Morgan fingerprint density at radius 2 is 1.84 bits per heavy atom. The zero-order chi connectivity index (χ0) is 18.1. The average molecular weight is 358 g/mol. The number of nitrogens with one attached hydrogen (secondary N) is 1. The van der Waals surface area contributed by atoms with E-state index in [1.807, 2.05) is 50.2 Å². The van der Waals surface area contributed by atoms with E-state index in [-0.39, 0.29) is 18.0 Å². The second-order valence-corrected chi connectivity index (χ2v) is 6.63. The summed E-state index contributed by atoms with van der Waals surface area (Å²) >= 11 is 6.23. The third-order valence-corrected chi connectivity index (χ3v) is 4.61. The molecule has 5 nitrogen and oxygen atoms in total. The summed E-state index contributed by atoms with van der Waals surface area (Å²) in [5, 5.41) is 3.38. The number of benzene rings is 2. The van der Waals surface area contributed by atoms with Crippen LogP contribution in [0.5, 0.6) is 0 Å². The molecule has 2 aromatic carbocycles. The van der Waals surface area contributed by atoms with Gasteiger partial charge in [0, 0.05) is 20.0 Å². The summed E-state index contributed by atoms with van der Waals surface area (Å²) in [6.07, 6.45) is 0.192. The van der Waals surface area contributed by atoms with Gasteiger partial charge in [-0.3, -0.25) is 13.9 Å². The second kappa shape index (κ2) is 6.76. The second-order valence-electron chi connectivity index (χ2n) is 6.22. The molecule has 0 saturated carbocycles. The van der Waals surface area contributed by atoms with E-state index in [4.69, 9.17) is 11.6 Å². The van der Waals surface area contributed by atoms with Crippen LogP contribution in [-0.2, 0) is 18.4 Å². The first kappa shape index (κ1) is 17.3. The van der Waals surface area contributed by atoms with E-state index in [1.165, 1.54) is 0 Å². The van der Waals surface area contributed by atoms with Gasteiger partial charge in [-0.1, -0.05) is 29.8 Å². The number of aryl methyl sites for hydroxylation is 4. The number of carbonyl (C=O) groups excluding carboxylic acids is 1. The van der Waals surface area contributed by atoms with Crippen LogP contribution in [0.4, 0.5) is 5.69 Å². The van der Waals surface area contributed by atoms with E-state index >= 15 is 0 Å². The van der Waals surface area contributed by atoms with Gasteiger partial charge in [-0.25, -0.2) is 4.79 Å². The summed E-state index contributed by atoms with van der Waals surface area (Å²) in [6, 6.07) is 11.3. The Morgan fingerprint density at radius 1 is 1.16 bits per heavy atom. The summed E-state index contributed by atoms with van der Waals surface area (Å²) in [4.78, 5) is 24.7. The van der Waals surface area contributed by atoms with E-state index in [9.17, 15) is 9.59 Å². The maximum Gasteiger partial charge on any atom is 0.328 e. The maximum absolute atomic E-state index is 12.4. The number of amides is 1. The first-order valence-corrected chi connectivity index (χ1v) is 8.47. The van der Waals surface area contributed by atoms with Crippen LogP contribution in [0.25, 0.3) is 11.0 Å². The van der Waals surface area contributed by atoms with Gasteiger partial charge in [0.15, 0.2) is 0 Å². The third-order valence-electron chi connectivity index (χ3n) is 4.31. The molecule has 1 amide bonds. The minimum absolute atomic E-state index is 0.126. The van der Waals surface area contributed by atoms with Crippen LogP contribution in [-0.4, -0.2) is 15.0 Å². The van der Waals surface area contributed by atoms with Crippen LogP contribution >= 0.6 is 11.6 Å². The molecule has 0 aliphatic heterocycles. The number of nitrogens with zero attached hydrogens (tertiary/aromatic N) is 2. The van der Waals surface area contributed by atoms with E-state index in [0.29, 0.717) is 17.3 Å². The molecule has 0 aliphatic rings. The Kier molecular flexibility index (Phi) is 4.68. The highest BCUT2D eigenvalue weighted by molar-refractivity contribution is 6.34. The minimum Gasteiger partial charge on any atom is -0.324 e. The molecule has 6 heteroatoms. The minimum atomic E-state index is -0.173. The molecule has 0 bridgehead atoms. The van der Waals surface area contributed by atoms with Crippen molar-refractivity contribution in [2.75, 3.05) is 5.32 Å². The largest absolute Gasteiger partial charge is 0.328 e. The van der Waals surface area contributed by atoms with E-state index in [0.717, 1.165) is 22.2 Å². The lowest BCUT2D eigenvalue weighted by Crippen LogP contribution is -2.24. The van der Waals surface area contributed by atoms with Crippen molar-refractivity contribution in [3.63, 3.8) is 0 Å². The molecule has 0 spiro atoms. The topological polar surface area (TPSA) is 56.0 Å². The molecule has 25 heavy (non-hydrogen) atoms. The Morgan fingerprint density at radius 3 is 2.52 bits per heavy atom. The van der Waals surface area contributed by atoms with Crippen LogP contribution in [0.3, 0.4) is 0 Å². The summed E-state index contributed by atoms with van der Waals surface area (Å²) in [7, 11) is 1.73. The molecule has 0 saturated heterocycles. The fourth-order valence-corrected chi connectivity index (χ4v) is 3.44. The summed E-state index contributed by atoms with van der Waals surface area (Å²) in [6.45, 7) is 4.18. The third kappa shape index (κ3) is 3.33. The number of aromatic nitrogens is 2. The molecule has 0 unspecified atom stereocenters. The van der Waals surface area contributed by atoms with Crippen LogP contribution < -0.4 is 11.0 Å². The molecule has 3 aromatic rings. The fraction of sp³-hybridized carbons (Fsp3) is 0.263. The molecule has 130 valence electrons. The zero-order valence-electron chi connectivity index (χ0n) is 14.5. The van der Waals surface area contributed by atoms with Crippen molar-refractivity contribution in [3.05, 3.63) is 63.0 Å². The number of hydrogen-bond donors (Lipinski definition) is 1. The lowest BCUT2D eigenvalue weighted by molar-refractivity contribution is -0.116. The molecular formula is C19H20ClN3O2. The van der Waals surface area contributed by atoms with Gasteiger partial charge in [0.1, 0.15) is 0 Å². The number of halogens is 1. The van der Waals surface area contributed by atoms with Crippen molar-refractivity contribution < 1.29 is 4.79 Å². The number of carbonyl (C=O) groups is 1. The highest BCUT2D eigenvalue weighted by atomic mass is 35.5. The fourth-order valence-electron chi connectivity index (χ4n) is 3.07. The lowest BCUT2D eigenvalue weighted by Gasteiger charge is -2.12. The number of fused-ring (bicyclic) bond motifs is 1. The highest BCUT2D eigenvalue weighted by Gasteiger charge is 2.13. The van der Waals surface area contributed by atoms with E-state index in [2.05, 4.69) is 5.32 Å². The Hall–Kier alpha value is -2.53. The van der Waals surface area contributed by atoms with E-state index < -0.39 is 0 Å². The quantitative estimate of drug-likeness (QED) is 0.775. The molecular weight excluding hydrogens is 338 g/mol. The van der Waals surface area contributed by atoms with Crippen LogP contribution in [0.2, 0.25) is 5.02 Å². The average Bonchev–Trinajstić information content (AvgIpc) is 2.81. The first-order chi connectivity index (χ1) is 11.9. The SMILES string of the molecule is Cc1cc(C)c(NC(=O)CCn2c(=O)n(C)c3ccccc32)c(Cl)c1. The molecule has 1 N–H and O–H groups in total. The van der Waals surface area contributed by atoms with Gasteiger partial charge >= 0.3 is 5.69 Å². The predicted molar refractivity (Wildman–Crippen MR) is 101 cm³/mol. The molecule has 0 fully saturated rings. The van der Waals surface area contributed by atoms with Crippen LogP contribution in [0, 0.1) is 13.8 Å². The van der Waals surface area contributed by atoms with Gasteiger partial charge in [-0.2, -0.15) is 0 Å². The Balaban J connectivity index is 1.78. The highest BCUT2D eigenvalue weighted by Crippen LogP contribution is 2.27. The summed E-state index contributed by atoms with van der Waals surface area (Å²) < 4.78 is 3.22. The smallest absolute Gasteiger partial charge is 0.324 e. The van der Waals surface area contributed by atoms with Crippen molar-refractivity contribution in [3.8, 4) is 0 Å². The van der Waals surface area contributed by atoms with Crippen molar-refractivity contribution in [2.24, 2.45) is 7.05 Å². The van der Waals surface area contributed by atoms with Gasteiger partial charge in [0.25, 0.3) is 0 Å². The molecule has 0 aliphatic carbocycles. The molecule has 0 atom stereocenters. The van der Waals surface area contributed by atoms with Crippen molar-refractivity contribution in [1.82, 2.24) is 9.13 Å². The Bertz CT molecular complexity index is 994. The lowest BCUT2D eigenvalue weighted by atomic mass is 10.1. The normalized spacial score (nSPS) is 11.0. The van der Waals surface area contributed by atoms with Gasteiger partial charge in [0.05, 0.1) is 21.7 Å². The van der Waals surface area contributed by atoms with E-state index in [1.54, 1.807) is 16.2 Å². The molecule has 0 radical (unpaired) electrons. The standard InChI is InChI=1S/C19H20ClN3O2/c1-12-10-13(2)18(14(20)11-12)21-17(24)8-9-23-16-7-5-4-6-15(16)22(3)19(23)25/h4-7,10-11H,8-9H2,1-3H3,(H,21,24). The predicted octanol–water partition coefficient (Wildman–Crippen LogP) is 3.64. The molecule has 1 heterocycles. The number of anilines is 1. The number of rotatable bonds is 4. The van der Waals surface area contributed by atoms with Crippen LogP contribution in [0.1, 0.15) is 17.5 Å². The number of para-hydroxylation sites is 2. The van der Waals surface area contributed by atoms with Gasteiger partial charge in [-0.15, -0.1) is 0 Å². The summed E-state index contributed by atoms with van der Waals surface area (Å²) in [5.41, 5.74) is 4.14. The molecule has 1 aromatic heterocycles. The van der Waals surface area contributed by atoms with Crippen molar-refractivity contribution >= 4 is 34.2 Å².